The third-order valence-electron chi connectivity index (χ3n) is 3.28. The summed E-state index contributed by atoms with van der Waals surface area (Å²) in [6.07, 6.45) is 1.74. The number of carbonyl (C=O) groups excluding carboxylic acids is 1. The van der Waals surface area contributed by atoms with E-state index in [1.54, 1.807) is 20.3 Å². The Hall–Kier alpha value is -2.12. The molecule has 1 saturated heterocycles. The van der Waals surface area contributed by atoms with Crippen LogP contribution in [0.15, 0.2) is 23.9 Å². The van der Waals surface area contributed by atoms with Crippen molar-refractivity contribution in [3.8, 4) is 11.5 Å². The first-order valence-corrected chi connectivity index (χ1v) is 7.65. The molecule has 23 heavy (non-hydrogen) atoms. The van der Waals surface area contributed by atoms with Gasteiger partial charge in [-0.05, 0) is 42.9 Å². The zero-order valence-electron chi connectivity index (χ0n) is 13.4. The Labute approximate surface area is 141 Å². The fraction of sp³-hybridized carbons (Fsp3) is 0.375. The van der Waals surface area contributed by atoms with Crippen LogP contribution in [0, 0.1) is 0 Å². The van der Waals surface area contributed by atoms with Gasteiger partial charge in [0, 0.05) is 7.11 Å². The van der Waals surface area contributed by atoms with Gasteiger partial charge in [-0.1, -0.05) is 6.07 Å². The van der Waals surface area contributed by atoms with Crippen LogP contribution in [0.4, 0.5) is 0 Å². The molecule has 0 unspecified atom stereocenters. The molecule has 1 N–H and O–H groups in total. The maximum absolute atomic E-state index is 12.3. The summed E-state index contributed by atoms with van der Waals surface area (Å²) >= 11 is 5.18. The van der Waals surface area contributed by atoms with E-state index in [0.29, 0.717) is 42.1 Å². The van der Waals surface area contributed by atoms with Gasteiger partial charge < -0.3 is 19.5 Å². The molecule has 6 nitrogen and oxygen atoms in total. The Morgan fingerprint density at radius 2 is 2.09 bits per heavy atom. The van der Waals surface area contributed by atoms with E-state index in [1.807, 2.05) is 25.1 Å². The molecule has 1 aromatic carbocycles. The van der Waals surface area contributed by atoms with Crippen molar-refractivity contribution in [2.24, 2.45) is 0 Å². The Bertz CT molecular complexity index is 631. The highest BCUT2D eigenvalue weighted by Gasteiger charge is 2.30. The molecule has 7 heteroatoms. The number of benzene rings is 1. The second-order valence-electron chi connectivity index (χ2n) is 4.78. The van der Waals surface area contributed by atoms with E-state index in [0.717, 1.165) is 5.56 Å². The van der Waals surface area contributed by atoms with Gasteiger partial charge in [0.15, 0.2) is 16.6 Å². The second-order valence-corrected chi connectivity index (χ2v) is 5.17. The number of thiocarbonyl (C=S) groups is 1. The summed E-state index contributed by atoms with van der Waals surface area (Å²) < 4.78 is 15.8. The third-order valence-corrected chi connectivity index (χ3v) is 3.60. The molecular formula is C16H20N2O4S. The lowest BCUT2D eigenvalue weighted by atomic mass is 10.1. The number of rotatable bonds is 7. The largest absolute Gasteiger partial charge is 0.493 e. The highest BCUT2D eigenvalue weighted by Crippen LogP contribution is 2.29. The van der Waals surface area contributed by atoms with Gasteiger partial charge in [-0.15, -0.1) is 0 Å². The van der Waals surface area contributed by atoms with Crippen LogP contribution in [0.5, 0.6) is 11.5 Å². The number of nitrogens with one attached hydrogen (secondary N) is 1. The van der Waals surface area contributed by atoms with Crippen molar-refractivity contribution >= 4 is 29.3 Å². The van der Waals surface area contributed by atoms with Crippen LogP contribution in [-0.2, 0) is 9.53 Å². The lowest BCUT2D eigenvalue weighted by molar-refractivity contribution is -0.122. The zero-order valence-corrected chi connectivity index (χ0v) is 14.2. The maximum Gasteiger partial charge on any atom is 0.276 e. The minimum Gasteiger partial charge on any atom is -0.493 e. The molecule has 0 aromatic heterocycles. The molecular weight excluding hydrogens is 316 g/mol. The molecule has 0 spiro atoms. The smallest absolute Gasteiger partial charge is 0.276 e. The molecule has 1 aliphatic rings. The van der Waals surface area contributed by atoms with E-state index >= 15 is 0 Å². The average molecular weight is 336 g/mol. The van der Waals surface area contributed by atoms with Gasteiger partial charge in [-0.25, -0.2) is 0 Å². The Morgan fingerprint density at radius 3 is 2.74 bits per heavy atom. The van der Waals surface area contributed by atoms with Gasteiger partial charge in [0.25, 0.3) is 5.91 Å². The lowest BCUT2D eigenvalue weighted by Gasteiger charge is -2.12. The summed E-state index contributed by atoms with van der Waals surface area (Å²) in [6.45, 7) is 3.31. The fourth-order valence-electron chi connectivity index (χ4n) is 2.17. The van der Waals surface area contributed by atoms with Crippen LogP contribution in [-0.4, -0.2) is 49.9 Å². The highest BCUT2D eigenvalue weighted by atomic mass is 32.1. The topological polar surface area (TPSA) is 60.0 Å². The standard InChI is InChI=1S/C16H20N2O4S/c1-4-22-13-6-5-11(10-14(13)21-3)9-12-15(19)18(7-8-20-2)16(23)17-12/h5-6,9-10H,4,7-8H2,1-3H3,(H,17,23). The molecule has 1 aliphatic heterocycles. The fourth-order valence-corrected chi connectivity index (χ4v) is 2.46. The predicted molar refractivity (Wildman–Crippen MR) is 91.5 cm³/mol. The predicted octanol–water partition coefficient (Wildman–Crippen LogP) is 1.80. The number of hydrogen-bond acceptors (Lipinski definition) is 5. The van der Waals surface area contributed by atoms with E-state index in [-0.39, 0.29) is 5.91 Å². The van der Waals surface area contributed by atoms with E-state index < -0.39 is 0 Å². The molecule has 1 amide bonds. The number of methoxy groups -OCH3 is 2. The average Bonchev–Trinajstić information content (AvgIpc) is 2.81. The van der Waals surface area contributed by atoms with Crippen molar-refractivity contribution < 1.29 is 19.0 Å². The number of nitrogens with zero attached hydrogens (tertiary/aromatic N) is 1. The lowest BCUT2D eigenvalue weighted by Crippen LogP contribution is -2.33. The van der Waals surface area contributed by atoms with Crippen LogP contribution in [0.3, 0.4) is 0 Å². The van der Waals surface area contributed by atoms with E-state index in [9.17, 15) is 4.79 Å². The molecule has 0 radical (unpaired) electrons. The molecule has 1 fully saturated rings. The van der Waals surface area contributed by atoms with Gasteiger partial charge >= 0.3 is 0 Å². The summed E-state index contributed by atoms with van der Waals surface area (Å²) in [6, 6.07) is 5.49. The second kappa shape index (κ2) is 7.94. The molecule has 124 valence electrons. The van der Waals surface area contributed by atoms with Crippen LogP contribution in [0.1, 0.15) is 12.5 Å². The number of carbonyl (C=O) groups is 1. The Kier molecular flexibility index (Phi) is 5.95. The Balaban J connectivity index is 2.21. The molecule has 0 saturated carbocycles. The first kappa shape index (κ1) is 17.2. The molecule has 1 heterocycles. The maximum atomic E-state index is 12.3. The molecule has 2 rings (SSSR count). The number of amides is 1. The Morgan fingerprint density at radius 1 is 1.30 bits per heavy atom. The SMILES string of the molecule is CCOc1ccc(C=C2NC(=S)N(CCOC)C2=O)cc1OC. The van der Waals surface area contributed by atoms with Crippen LogP contribution in [0.25, 0.3) is 6.08 Å². The monoisotopic (exact) mass is 336 g/mol. The summed E-state index contributed by atoms with van der Waals surface area (Å²) in [5.41, 5.74) is 1.25. The van der Waals surface area contributed by atoms with Crippen LogP contribution < -0.4 is 14.8 Å². The first-order chi connectivity index (χ1) is 11.1. The van der Waals surface area contributed by atoms with Crippen molar-refractivity contribution in [2.75, 3.05) is 34.0 Å². The van der Waals surface area contributed by atoms with Crippen molar-refractivity contribution in [1.29, 1.82) is 0 Å². The van der Waals surface area contributed by atoms with E-state index in [4.69, 9.17) is 26.4 Å². The number of hydrogen-bond donors (Lipinski definition) is 1. The first-order valence-electron chi connectivity index (χ1n) is 7.25. The van der Waals surface area contributed by atoms with Gasteiger partial charge in [0.05, 0.1) is 26.9 Å². The van der Waals surface area contributed by atoms with Crippen LogP contribution in [0.2, 0.25) is 0 Å². The summed E-state index contributed by atoms with van der Waals surface area (Å²) in [5, 5.41) is 3.32. The van der Waals surface area contributed by atoms with Crippen LogP contribution >= 0.6 is 12.2 Å². The van der Waals surface area contributed by atoms with E-state index in [2.05, 4.69) is 5.32 Å². The summed E-state index contributed by atoms with van der Waals surface area (Å²) in [5.74, 6) is 1.12. The van der Waals surface area contributed by atoms with Crippen molar-refractivity contribution in [3.05, 3.63) is 29.5 Å². The summed E-state index contributed by atoms with van der Waals surface area (Å²) in [4.78, 5) is 13.8. The van der Waals surface area contributed by atoms with Crippen molar-refractivity contribution in [3.63, 3.8) is 0 Å². The third kappa shape index (κ3) is 4.00. The van der Waals surface area contributed by atoms with Gasteiger partial charge in [-0.3, -0.25) is 9.69 Å². The molecule has 0 bridgehead atoms. The highest BCUT2D eigenvalue weighted by molar-refractivity contribution is 7.80. The van der Waals surface area contributed by atoms with E-state index in [1.165, 1.54) is 4.90 Å². The van der Waals surface area contributed by atoms with Gasteiger partial charge in [0.1, 0.15) is 5.70 Å². The molecule has 1 aromatic rings. The summed E-state index contributed by atoms with van der Waals surface area (Å²) in [7, 11) is 3.16. The zero-order chi connectivity index (χ0) is 16.8. The van der Waals surface area contributed by atoms with Crippen molar-refractivity contribution in [1.82, 2.24) is 10.2 Å². The normalized spacial score (nSPS) is 16.0. The quantitative estimate of drug-likeness (QED) is 0.605. The van der Waals surface area contributed by atoms with Gasteiger partial charge in [0.2, 0.25) is 0 Å². The molecule has 0 aliphatic carbocycles. The minimum absolute atomic E-state index is 0.167. The van der Waals surface area contributed by atoms with Crippen molar-refractivity contribution in [2.45, 2.75) is 6.92 Å². The molecule has 0 atom stereocenters. The number of ether oxygens (including phenoxy) is 3. The van der Waals surface area contributed by atoms with Gasteiger partial charge in [-0.2, -0.15) is 0 Å². The minimum atomic E-state index is -0.167.